The Morgan fingerprint density at radius 3 is 2.56 bits per heavy atom. The van der Waals surface area contributed by atoms with Crippen LogP contribution in [0.4, 0.5) is 5.69 Å². The molecule has 0 atom stereocenters. The zero-order valence-electron chi connectivity index (χ0n) is 11.0. The van der Waals surface area contributed by atoms with Crippen LogP contribution in [0.5, 0.6) is 0 Å². The van der Waals surface area contributed by atoms with Gasteiger partial charge in [-0.05, 0) is 37.8 Å². The Morgan fingerprint density at radius 1 is 1.28 bits per heavy atom. The molecule has 0 bridgehead atoms. The fraction of sp³-hybridized carbons (Fsp3) is 0.533. The normalized spacial score (nSPS) is 16.6. The van der Waals surface area contributed by atoms with Crippen LogP contribution in [-0.4, -0.2) is 25.7 Å². The monoisotopic (exact) mass is 247 g/mol. The molecule has 1 aromatic carbocycles. The van der Waals surface area contributed by atoms with E-state index in [1.54, 1.807) is 0 Å². The highest BCUT2D eigenvalue weighted by molar-refractivity contribution is 5.69. The third-order valence-corrected chi connectivity index (χ3v) is 3.50. The molecule has 18 heavy (non-hydrogen) atoms. The van der Waals surface area contributed by atoms with Gasteiger partial charge >= 0.3 is 5.97 Å². The number of piperidine rings is 1. The van der Waals surface area contributed by atoms with E-state index in [4.69, 9.17) is 4.74 Å². The molecule has 0 aliphatic carbocycles. The van der Waals surface area contributed by atoms with Gasteiger partial charge in [0, 0.05) is 25.2 Å². The van der Waals surface area contributed by atoms with E-state index in [1.165, 1.54) is 5.69 Å². The lowest BCUT2D eigenvalue weighted by Crippen LogP contribution is -2.34. The third-order valence-electron chi connectivity index (χ3n) is 3.50. The summed E-state index contributed by atoms with van der Waals surface area (Å²) in [5.74, 6) is 0.444. The average Bonchev–Trinajstić information content (AvgIpc) is 2.41. The summed E-state index contributed by atoms with van der Waals surface area (Å²) < 4.78 is 5.00. The molecule has 1 aliphatic heterocycles. The first kappa shape index (κ1) is 12.9. The molecule has 0 saturated carbocycles. The van der Waals surface area contributed by atoms with E-state index in [9.17, 15) is 4.79 Å². The van der Waals surface area contributed by atoms with Crippen molar-refractivity contribution >= 4 is 11.7 Å². The molecule has 1 heterocycles. The highest BCUT2D eigenvalue weighted by atomic mass is 16.5. The lowest BCUT2D eigenvalue weighted by molar-refractivity contribution is -0.144. The minimum Gasteiger partial charge on any atom is -0.466 e. The number of benzene rings is 1. The highest BCUT2D eigenvalue weighted by Gasteiger charge is 2.21. The first-order valence-corrected chi connectivity index (χ1v) is 6.75. The number of nitrogens with zero attached hydrogens (tertiary/aromatic N) is 1. The molecule has 1 aromatic rings. The Morgan fingerprint density at radius 2 is 1.94 bits per heavy atom. The quantitative estimate of drug-likeness (QED) is 0.766. The molecule has 0 amide bonds. The number of carbonyl (C=O) groups excluding carboxylic acids is 1. The van der Waals surface area contributed by atoms with Crippen molar-refractivity contribution in [1.29, 1.82) is 0 Å². The van der Waals surface area contributed by atoms with Gasteiger partial charge in [-0.15, -0.1) is 0 Å². The van der Waals surface area contributed by atoms with E-state index < -0.39 is 0 Å². The summed E-state index contributed by atoms with van der Waals surface area (Å²) in [5, 5.41) is 0. The van der Waals surface area contributed by atoms with Crippen LogP contribution in [0.2, 0.25) is 0 Å². The maximum Gasteiger partial charge on any atom is 0.306 e. The molecular weight excluding hydrogens is 226 g/mol. The molecule has 3 nitrogen and oxygen atoms in total. The van der Waals surface area contributed by atoms with Crippen molar-refractivity contribution in [2.45, 2.75) is 26.2 Å². The van der Waals surface area contributed by atoms with Crippen molar-refractivity contribution in [2.24, 2.45) is 5.92 Å². The Kier molecular flexibility index (Phi) is 4.62. The fourth-order valence-electron chi connectivity index (χ4n) is 2.49. The minimum absolute atomic E-state index is 0.0457. The standard InChI is InChI=1S/C15H21NO2/c1-2-18-15(17)12-13-8-10-16(11-9-13)14-6-4-3-5-7-14/h3-7,13H,2,8-12H2,1H3. The van der Waals surface area contributed by atoms with Gasteiger partial charge in [-0.2, -0.15) is 0 Å². The van der Waals surface area contributed by atoms with Crippen molar-refractivity contribution in [2.75, 3.05) is 24.6 Å². The van der Waals surface area contributed by atoms with Crippen LogP contribution in [0.1, 0.15) is 26.2 Å². The Hall–Kier alpha value is -1.51. The fourth-order valence-corrected chi connectivity index (χ4v) is 2.49. The number of hydrogen-bond donors (Lipinski definition) is 0. The lowest BCUT2D eigenvalue weighted by Gasteiger charge is -2.33. The molecular formula is C15H21NO2. The van der Waals surface area contributed by atoms with Gasteiger partial charge < -0.3 is 9.64 Å². The molecule has 0 radical (unpaired) electrons. The van der Waals surface area contributed by atoms with E-state index >= 15 is 0 Å². The summed E-state index contributed by atoms with van der Waals surface area (Å²) in [4.78, 5) is 13.8. The second kappa shape index (κ2) is 6.43. The summed E-state index contributed by atoms with van der Waals surface area (Å²) in [6.45, 7) is 4.42. The summed E-state index contributed by atoms with van der Waals surface area (Å²) in [6, 6.07) is 10.5. The van der Waals surface area contributed by atoms with Crippen LogP contribution in [0, 0.1) is 5.92 Å². The highest BCUT2D eigenvalue weighted by Crippen LogP contribution is 2.25. The Balaban J connectivity index is 1.80. The summed E-state index contributed by atoms with van der Waals surface area (Å²) >= 11 is 0. The van der Waals surface area contributed by atoms with Gasteiger partial charge in [-0.1, -0.05) is 18.2 Å². The van der Waals surface area contributed by atoms with Crippen molar-refractivity contribution in [3.05, 3.63) is 30.3 Å². The number of hydrogen-bond acceptors (Lipinski definition) is 3. The van der Waals surface area contributed by atoms with Crippen LogP contribution >= 0.6 is 0 Å². The van der Waals surface area contributed by atoms with Crippen LogP contribution in [0.15, 0.2) is 30.3 Å². The smallest absolute Gasteiger partial charge is 0.306 e. The van der Waals surface area contributed by atoms with E-state index in [0.717, 1.165) is 25.9 Å². The van der Waals surface area contributed by atoms with Gasteiger partial charge in [0.05, 0.1) is 6.61 Å². The third kappa shape index (κ3) is 3.49. The second-order valence-electron chi connectivity index (χ2n) is 4.78. The van der Waals surface area contributed by atoms with Gasteiger partial charge in [0.15, 0.2) is 0 Å². The first-order chi connectivity index (χ1) is 8.79. The van der Waals surface area contributed by atoms with E-state index in [2.05, 4.69) is 29.2 Å². The van der Waals surface area contributed by atoms with Crippen LogP contribution < -0.4 is 4.90 Å². The maximum absolute atomic E-state index is 11.4. The van der Waals surface area contributed by atoms with Gasteiger partial charge in [-0.3, -0.25) is 4.79 Å². The van der Waals surface area contributed by atoms with Gasteiger partial charge in [0.1, 0.15) is 0 Å². The Bertz CT molecular complexity index is 369. The molecule has 1 saturated heterocycles. The molecule has 3 heteroatoms. The largest absolute Gasteiger partial charge is 0.466 e. The summed E-state index contributed by atoms with van der Waals surface area (Å²) in [5.41, 5.74) is 1.28. The molecule has 1 fully saturated rings. The lowest BCUT2D eigenvalue weighted by atomic mass is 9.93. The topological polar surface area (TPSA) is 29.5 Å². The number of carbonyl (C=O) groups is 1. The molecule has 0 spiro atoms. The Labute approximate surface area is 109 Å². The number of anilines is 1. The number of ether oxygens (including phenoxy) is 1. The molecule has 0 aromatic heterocycles. The van der Waals surface area contributed by atoms with E-state index in [1.807, 2.05) is 13.0 Å². The predicted octanol–water partition coefficient (Wildman–Crippen LogP) is 2.86. The predicted molar refractivity (Wildman–Crippen MR) is 72.6 cm³/mol. The van der Waals surface area contributed by atoms with Crippen LogP contribution in [0.25, 0.3) is 0 Å². The van der Waals surface area contributed by atoms with Crippen molar-refractivity contribution in [3.63, 3.8) is 0 Å². The van der Waals surface area contributed by atoms with Gasteiger partial charge in [0.25, 0.3) is 0 Å². The van der Waals surface area contributed by atoms with E-state index in [-0.39, 0.29) is 5.97 Å². The van der Waals surface area contributed by atoms with Crippen LogP contribution in [0.3, 0.4) is 0 Å². The van der Waals surface area contributed by atoms with Gasteiger partial charge in [-0.25, -0.2) is 0 Å². The molecule has 1 aliphatic rings. The van der Waals surface area contributed by atoms with Crippen molar-refractivity contribution in [1.82, 2.24) is 0 Å². The van der Waals surface area contributed by atoms with Crippen molar-refractivity contribution in [3.8, 4) is 0 Å². The zero-order valence-corrected chi connectivity index (χ0v) is 11.0. The minimum atomic E-state index is -0.0457. The number of esters is 1. The second-order valence-corrected chi connectivity index (χ2v) is 4.78. The van der Waals surface area contributed by atoms with Crippen LogP contribution in [-0.2, 0) is 9.53 Å². The molecule has 98 valence electrons. The summed E-state index contributed by atoms with van der Waals surface area (Å²) in [6.07, 6.45) is 2.73. The average molecular weight is 247 g/mol. The maximum atomic E-state index is 11.4. The summed E-state index contributed by atoms with van der Waals surface area (Å²) in [7, 11) is 0. The zero-order chi connectivity index (χ0) is 12.8. The van der Waals surface area contributed by atoms with E-state index in [0.29, 0.717) is 18.9 Å². The van der Waals surface area contributed by atoms with Crippen molar-refractivity contribution < 1.29 is 9.53 Å². The molecule has 0 N–H and O–H groups in total. The number of para-hydroxylation sites is 1. The number of rotatable bonds is 4. The first-order valence-electron chi connectivity index (χ1n) is 6.75. The molecule has 0 unspecified atom stereocenters. The SMILES string of the molecule is CCOC(=O)CC1CCN(c2ccccc2)CC1. The molecule has 2 rings (SSSR count). The van der Waals surface area contributed by atoms with Gasteiger partial charge in [0.2, 0.25) is 0 Å².